The van der Waals surface area contributed by atoms with E-state index >= 15 is 0 Å². The minimum atomic E-state index is -0.334. The largest absolute Gasteiger partial charge is 0.207 e. The number of rotatable bonds is 3. The number of benzene rings is 2. The smallest absolute Gasteiger partial charge is 0.132 e. The van der Waals surface area contributed by atoms with Crippen molar-refractivity contribution in [2.45, 2.75) is 26.2 Å². The first kappa shape index (κ1) is 14.3. The van der Waals surface area contributed by atoms with Crippen molar-refractivity contribution in [1.29, 1.82) is 0 Å². The zero-order valence-electron chi connectivity index (χ0n) is 11.4. The molecule has 0 aliphatic rings. The van der Waals surface area contributed by atoms with Crippen molar-refractivity contribution in [3.63, 3.8) is 0 Å². The van der Waals surface area contributed by atoms with Crippen molar-refractivity contribution in [2.75, 3.05) is 0 Å². The van der Waals surface area contributed by atoms with E-state index in [1.807, 2.05) is 0 Å². The molecule has 0 unspecified atom stereocenters. The summed E-state index contributed by atoms with van der Waals surface area (Å²) in [5.74, 6) is 5.33. The van der Waals surface area contributed by atoms with Crippen LogP contribution in [0.3, 0.4) is 0 Å². The maximum absolute atomic E-state index is 14.1. The lowest BCUT2D eigenvalue weighted by Gasteiger charge is -2.04. The molecule has 0 aromatic heterocycles. The van der Waals surface area contributed by atoms with Gasteiger partial charge in [0.05, 0.1) is 0 Å². The van der Waals surface area contributed by atoms with Crippen molar-refractivity contribution in [2.24, 2.45) is 0 Å². The van der Waals surface area contributed by atoms with Gasteiger partial charge in [0, 0.05) is 17.5 Å². The Hall–Kier alpha value is -2.14. The number of halogens is 2. The van der Waals surface area contributed by atoms with Crippen LogP contribution in [0.4, 0.5) is 8.78 Å². The highest BCUT2D eigenvalue weighted by atomic mass is 19.1. The van der Waals surface area contributed by atoms with Crippen molar-refractivity contribution in [3.8, 4) is 23.0 Å². The van der Waals surface area contributed by atoms with E-state index < -0.39 is 0 Å². The van der Waals surface area contributed by atoms with E-state index in [9.17, 15) is 8.78 Å². The van der Waals surface area contributed by atoms with E-state index in [1.54, 1.807) is 24.3 Å². The Morgan fingerprint density at radius 3 is 2.40 bits per heavy atom. The molecule has 2 aromatic rings. The molecule has 0 aliphatic heterocycles. The van der Waals surface area contributed by atoms with E-state index in [4.69, 9.17) is 0 Å². The van der Waals surface area contributed by atoms with Crippen molar-refractivity contribution < 1.29 is 8.78 Å². The van der Waals surface area contributed by atoms with Gasteiger partial charge in [-0.3, -0.25) is 0 Å². The standard InChI is InChI=1S/C18H16F2/c1-2-3-4-5-6-14-7-12-17(18(20)13-14)15-8-10-16(19)11-9-15/h7-13H,2-4H2,1H3. The lowest BCUT2D eigenvalue weighted by Crippen LogP contribution is -1.86. The molecule has 0 atom stereocenters. The summed E-state index contributed by atoms with van der Waals surface area (Å²) in [7, 11) is 0. The van der Waals surface area contributed by atoms with Crippen LogP contribution in [0.1, 0.15) is 31.7 Å². The molecule has 0 saturated carbocycles. The summed E-state index contributed by atoms with van der Waals surface area (Å²) in [6, 6.07) is 10.7. The van der Waals surface area contributed by atoms with Gasteiger partial charge in [0.2, 0.25) is 0 Å². The van der Waals surface area contributed by atoms with Gasteiger partial charge in [-0.05, 0) is 36.2 Å². The average molecular weight is 270 g/mol. The average Bonchev–Trinajstić information content (AvgIpc) is 2.45. The van der Waals surface area contributed by atoms with Gasteiger partial charge >= 0.3 is 0 Å². The maximum Gasteiger partial charge on any atom is 0.132 e. The highest BCUT2D eigenvalue weighted by molar-refractivity contribution is 5.65. The second kappa shape index (κ2) is 6.86. The minimum Gasteiger partial charge on any atom is -0.207 e. The summed E-state index contributed by atoms with van der Waals surface area (Å²) in [4.78, 5) is 0. The third-order valence-corrected chi connectivity index (χ3v) is 3.01. The molecule has 0 fully saturated rings. The number of unbranched alkanes of at least 4 members (excludes halogenated alkanes) is 2. The number of hydrogen-bond acceptors (Lipinski definition) is 0. The zero-order chi connectivity index (χ0) is 14.4. The van der Waals surface area contributed by atoms with Crippen LogP contribution in [-0.2, 0) is 0 Å². The van der Waals surface area contributed by atoms with Gasteiger partial charge in [-0.25, -0.2) is 8.78 Å². The highest BCUT2D eigenvalue weighted by Crippen LogP contribution is 2.23. The molecule has 102 valence electrons. The van der Waals surface area contributed by atoms with E-state index in [2.05, 4.69) is 18.8 Å². The fraction of sp³-hybridized carbons (Fsp3) is 0.222. The summed E-state index contributed by atoms with van der Waals surface area (Å²) in [5, 5.41) is 0. The van der Waals surface area contributed by atoms with Crippen LogP contribution in [-0.4, -0.2) is 0 Å². The van der Waals surface area contributed by atoms with Crippen LogP contribution in [0.5, 0.6) is 0 Å². The Labute approximate surface area is 118 Å². The first-order valence-electron chi connectivity index (χ1n) is 6.75. The Morgan fingerprint density at radius 1 is 1.00 bits per heavy atom. The van der Waals surface area contributed by atoms with Crippen LogP contribution in [0.2, 0.25) is 0 Å². The van der Waals surface area contributed by atoms with Gasteiger partial charge in [0.25, 0.3) is 0 Å². The molecule has 0 radical (unpaired) electrons. The minimum absolute atomic E-state index is 0.326. The van der Waals surface area contributed by atoms with Crippen molar-refractivity contribution >= 4 is 0 Å². The number of hydrogen-bond donors (Lipinski definition) is 0. The molecule has 0 spiro atoms. The van der Waals surface area contributed by atoms with Crippen LogP contribution in [0.15, 0.2) is 42.5 Å². The molecule has 20 heavy (non-hydrogen) atoms. The lowest BCUT2D eigenvalue weighted by atomic mass is 10.0. The van der Waals surface area contributed by atoms with Crippen LogP contribution in [0, 0.1) is 23.5 Å². The molecular weight excluding hydrogens is 254 g/mol. The highest BCUT2D eigenvalue weighted by Gasteiger charge is 2.05. The molecule has 2 heteroatoms. The first-order chi connectivity index (χ1) is 9.70. The summed E-state index contributed by atoms with van der Waals surface area (Å²) in [5.41, 5.74) is 1.79. The topological polar surface area (TPSA) is 0 Å². The summed E-state index contributed by atoms with van der Waals surface area (Å²) < 4.78 is 26.9. The predicted octanol–water partition coefficient (Wildman–Crippen LogP) is 5.17. The maximum atomic E-state index is 14.1. The molecular formula is C18H16F2. The summed E-state index contributed by atoms with van der Waals surface area (Å²) in [6.45, 7) is 2.11. The molecule has 0 aliphatic carbocycles. The molecule has 0 nitrogen and oxygen atoms in total. The van der Waals surface area contributed by atoms with Crippen molar-refractivity contribution in [3.05, 3.63) is 59.7 Å². The second-order valence-electron chi connectivity index (χ2n) is 4.61. The van der Waals surface area contributed by atoms with Crippen molar-refractivity contribution in [1.82, 2.24) is 0 Å². The summed E-state index contributed by atoms with van der Waals surface area (Å²) in [6.07, 6.45) is 2.99. The fourth-order valence-electron chi connectivity index (χ4n) is 1.89. The second-order valence-corrected chi connectivity index (χ2v) is 4.61. The Kier molecular flexibility index (Phi) is 4.90. The monoisotopic (exact) mass is 270 g/mol. The molecule has 0 heterocycles. The quantitative estimate of drug-likeness (QED) is 0.533. The molecule has 2 aromatic carbocycles. The summed E-state index contributed by atoms with van der Waals surface area (Å²) >= 11 is 0. The molecule has 0 saturated heterocycles. The third kappa shape index (κ3) is 3.68. The third-order valence-electron chi connectivity index (χ3n) is 3.01. The molecule has 0 bridgehead atoms. The van der Waals surface area contributed by atoms with Gasteiger partial charge < -0.3 is 0 Å². The van der Waals surface area contributed by atoms with Crippen LogP contribution < -0.4 is 0 Å². The Bertz CT molecular complexity index is 631. The zero-order valence-corrected chi connectivity index (χ0v) is 11.4. The molecule has 2 rings (SSSR count). The Balaban J connectivity index is 2.21. The van der Waals surface area contributed by atoms with Gasteiger partial charge in [-0.2, -0.15) is 0 Å². The van der Waals surface area contributed by atoms with Gasteiger partial charge in [0.1, 0.15) is 11.6 Å². The first-order valence-corrected chi connectivity index (χ1v) is 6.75. The van der Waals surface area contributed by atoms with Gasteiger partial charge in [0.15, 0.2) is 0 Å². The SMILES string of the molecule is CCCCC#Cc1ccc(-c2ccc(F)cc2)c(F)c1. The van der Waals surface area contributed by atoms with E-state index in [0.29, 0.717) is 16.7 Å². The van der Waals surface area contributed by atoms with Crippen LogP contribution in [0.25, 0.3) is 11.1 Å². The normalized spacial score (nSPS) is 9.95. The van der Waals surface area contributed by atoms with Gasteiger partial charge in [-0.1, -0.05) is 43.4 Å². The van der Waals surface area contributed by atoms with E-state index in [-0.39, 0.29) is 11.6 Å². The lowest BCUT2D eigenvalue weighted by molar-refractivity contribution is 0.625. The molecule has 0 amide bonds. The Morgan fingerprint density at radius 2 is 1.75 bits per heavy atom. The van der Waals surface area contributed by atoms with Gasteiger partial charge in [-0.15, -0.1) is 0 Å². The molecule has 0 N–H and O–H groups in total. The predicted molar refractivity (Wildman–Crippen MR) is 78.2 cm³/mol. The fourth-order valence-corrected chi connectivity index (χ4v) is 1.89. The van der Waals surface area contributed by atoms with E-state index in [1.165, 1.54) is 18.2 Å². The van der Waals surface area contributed by atoms with E-state index in [0.717, 1.165) is 19.3 Å². The van der Waals surface area contributed by atoms with Crippen LogP contribution >= 0.6 is 0 Å².